The fourth-order valence-electron chi connectivity index (χ4n) is 2.12. The van der Waals surface area contributed by atoms with Crippen molar-refractivity contribution in [2.24, 2.45) is 5.92 Å². The third kappa shape index (κ3) is 3.25. The van der Waals surface area contributed by atoms with Crippen LogP contribution in [-0.2, 0) is 0 Å². The predicted octanol–water partition coefficient (Wildman–Crippen LogP) is 4.46. The summed E-state index contributed by atoms with van der Waals surface area (Å²) < 4.78 is 5.65. The zero-order valence-electron chi connectivity index (χ0n) is 11.3. The number of fused-ring (bicyclic) bond motifs is 1. The second-order valence-electron chi connectivity index (χ2n) is 4.78. The van der Waals surface area contributed by atoms with Gasteiger partial charge in [0.1, 0.15) is 5.52 Å². The van der Waals surface area contributed by atoms with Gasteiger partial charge >= 0.3 is 0 Å². The Morgan fingerprint density at radius 2 is 2.11 bits per heavy atom. The first-order chi connectivity index (χ1) is 8.83. The van der Waals surface area contributed by atoms with Gasteiger partial charge in [-0.3, -0.25) is 0 Å². The van der Waals surface area contributed by atoms with E-state index in [1.807, 2.05) is 24.3 Å². The van der Waals surface area contributed by atoms with Crippen LogP contribution in [0.4, 0.5) is 6.01 Å². The van der Waals surface area contributed by atoms with E-state index in [-0.39, 0.29) is 0 Å². The minimum atomic E-state index is 0.645. The van der Waals surface area contributed by atoms with Gasteiger partial charge in [-0.05, 0) is 24.5 Å². The molecule has 0 amide bonds. The van der Waals surface area contributed by atoms with E-state index in [0.29, 0.717) is 11.9 Å². The second kappa shape index (κ2) is 6.43. The maximum Gasteiger partial charge on any atom is 0.295 e. The van der Waals surface area contributed by atoms with E-state index in [1.54, 1.807) is 0 Å². The molecule has 18 heavy (non-hydrogen) atoms. The van der Waals surface area contributed by atoms with E-state index in [2.05, 4.69) is 24.1 Å². The van der Waals surface area contributed by atoms with E-state index >= 15 is 0 Å². The summed E-state index contributed by atoms with van der Waals surface area (Å²) in [5.41, 5.74) is 1.77. The molecule has 0 radical (unpaired) electrons. The van der Waals surface area contributed by atoms with Crippen molar-refractivity contribution in [2.75, 3.05) is 11.9 Å². The highest BCUT2D eigenvalue weighted by Crippen LogP contribution is 2.19. The maximum absolute atomic E-state index is 5.65. The van der Waals surface area contributed by atoms with E-state index in [9.17, 15) is 0 Å². The number of nitrogens with zero attached hydrogens (tertiary/aromatic N) is 1. The zero-order chi connectivity index (χ0) is 12.8. The van der Waals surface area contributed by atoms with Crippen molar-refractivity contribution in [1.82, 2.24) is 4.98 Å². The number of benzene rings is 1. The molecule has 0 saturated heterocycles. The van der Waals surface area contributed by atoms with Gasteiger partial charge in [-0.15, -0.1) is 0 Å². The number of unbranched alkanes of at least 4 members (excludes halogenated alkanes) is 1. The van der Waals surface area contributed by atoms with E-state index < -0.39 is 0 Å². The molecule has 3 heteroatoms. The Morgan fingerprint density at radius 3 is 2.83 bits per heavy atom. The number of rotatable bonds is 7. The van der Waals surface area contributed by atoms with Crippen LogP contribution in [-0.4, -0.2) is 11.5 Å². The van der Waals surface area contributed by atoms with Crippen LogP contribution in [0.25, 0.3) is 11.1 Å². The smallest absolute Gasteiger partial charge is 0.295 e. The molecule has 1 unspecified atom stereocenters. The molecule has 0 saturated carbocycles. The topological polar surface area (TPSA) is 38.1 Å². The molecule has 2 rings (SSSR count). The number of hydrogen-bond donors (Lipinski definition) is 1. The van der Waals surface area contributed by atoms with Crippen molar-refractivity contribution in [3.8, 4) is 0 Å². The molecule has 1 N–H and O–H groups in total. The fourth-order valence-corrected chi connectivity index (χ4v) is 2.12. The maximum atomic E-state index is 5.65. The lowest BCUT2D eigenvalue weighted by atomic mass is 9.99. The molecular weight excluding hydrogens is 224 g/mol. The molecule has 0 bridgehead atoms. The van der Waals surface area contributed by atoms with Crippen LogP contribution in [0.15, 0.2) is 28.7 Å². The highest BCUT2D eigenvalue weighted by Gasteiger charge is 2.08. The summed E-state index contributed by atoms with van der Waals surface area (Å²) in [6.07, 6.45) is 5.04. The van der Waals surface area contributed by atoms with Crippen molar-refractivity contribution in [3.63, 3.8) is 0 Å². The highest BCUT2D eigenvalue weighted by atomic mass is 16.4. The normalized spacial score (nSPS) is 12.8. The van der Waals surface area contributed by atoms with Crippen molar-refractivity contribution in [1.29, 1.82) is 0 Å². The molecule has 98 valence electrons. The van der Waals surface area contributed by atoms with Crippen molar-refractivity contribution in [3.05, 3.63) is 24.3 Å². The monoisotopic (exact) mass is 246 g/mol. The average Bonchev–Trinajstić information content (AvgIpc) is 2.81. The Hall–Kier alpha value is -1.51. The molecule has 0 aliphatic carbocycles. The highest BCUT2D eigenvalue weighted by molar-refractivity contribution is 5.74. The summed E-state index contributed by atoms with van der Waals surface area (Å²) in [4.78, 5) is 4.42. The van der Waals surface area contributed by atoms with Crippen LogP contribution in [0.5, 0.6) is 0 Å². The Balaban J connectivity index is 1.92. The van der Waals surface area contributed by atoms with E-state index in [4.69, 9.17) is 4.42 Å². The van der Waals surface area contributed by atoms with Crippen LogP contribution in [0.3, 0.4) is 0 Å². The number of nitrogens with one attached hydrogen (secondary N) is 1. The van der Waals surface area contributed by atoms with Gasteiger partial charge in [0.15, 0.2) is 5.58 Å². The standard InChI is InChI=1S/C15H22N2O/c1-3-5-8-12(4-2)11-16-15-17-13-9-6-7-10-14(13)18-15/h6-7,9-10,12H,3-5,8,11H2,1-2H3,(H,16,17). The summed E-state index contributed by atoms with van der Waals surface area (Å²) in [7, 11) is 0. The lowest BCUT2D eigenvalue weighted by molar-refractivity contribution is 0.466. The van der Waals surface area contributed by atoms with Crippen molar-refractivity contribution >= 4 is 17.1 Å². The molecular formula is C15H22N2O. The molecule has 0 aliphatic rings. The first-order valence-electron chi connectivity index (χ1n) is 6.93. The molecule has 1 aromatic carbocycles. The molecule has 1 aromatic heterocycles. The lowest BCUT2D eigenvalue weighted by Gasteiger charge is -2.13. The molecule has 2 aromatic rings. The second-order valence-corrected chi connectivity index (χ2v) is 4.78. The van der Waals surface area contributed by atoms with Crippen LogP contribution in [0, 0.1) is 5.92 Å². The van der Waals surface area contributed by atoms with Crippen LogP contribution < -0.4 is 5.32 Å². The molecule has 0 spiro atoms. The van der Waals surface area contributed by atoms with Gasteiger partial charge in [0.2, 0.25) is 0 Å². The number of hydrogen-bond acceptors (Lipinski definition) is 3. The number of aromatic nitrogens is 1. The van der Waals surface area contributed by atoms with Crippen LogP contribution >= 0.6 is 0 Å². The van der Waals surface area contributed by atoms with Gasteiger partial charge in [-0.2, -0.15) is 4.98 Å². The average molecular weight is 246 g/mol. The van der Waals surface area contributed by atoms with Crippen molar-refractivity contribution < 1.29 is 4.42 Å². The Morgan fingerprint density at radius 1 is 1.28 bits per heavy atom. The fraction of sp³-hybridized carbons (Fsp3) is 0.533. The summed E-state index contributed by atoms with van der Waals surface area (Å²) in [6, 6.07) is 8.50. The zero-order valence-corrected chi connectivity index (χ0v) is 11.3. The van der Waals surface area contributed by atoms with Gasteiger partial charge in [0, 0.05) is 6.54 Å². The van der Waals surface area contributed by atoms with Gasteiger partial charge in [0.25, 0.3) is 6.01 Å². The summed E-state index contributed by atoms with van der Waals surface area (Å²) in [5, 5.41) is 3.32. The van der Waals surface area contributed by atoms with Crippen molar-refractivity contribution in [2.45, 2.75) is 39.5 Å². The quantitative estimate of drug-likeness (QED) is 0.784. The van der Waals surface area contributed by atoms with Crippen LogP contribution in [0.2, 0.25) is 0 Å². The summed E-state index contributed by atoms with van der Waals surface area (Å²) in [6.45, 7) is 5.43. The lowest BCUT2D eigenvalue weighted by Crippen LogP contribution is -2.13. The van der Waals surface area contributed by atoms with Crippen LogP contribution in [0.1, 0.15) is 39.5 Å². The molecule has 0 aliphatic heterocycles. The molecule has 0 fully saturated rings. The van der Waals surface area contributed by atoms with Gasteiger partial charge in [0.05, 0.1) is 0 Å². The minimum Gasteiger partial charge on any atom is -0.424 e. The largest absolute Gasteiger partial charge is 0.424 e. The molecule has 3 nitrogen and oxygen atoms in total. The van der Waals surface area contributed by atoms with Gasteiger partial charge < -0.3 is 9.73 Å². The Labute approximate surface area is 109 Å². The van der Waals surface area contributed by atoms with Gasteiger partial charge in [-0.25, -0.2) is 0 Å². The summed E-state index contributed by atoms with van der Waals surface area (Å²) >= 11 is 0. The predicted molar refractivity (Wildman–Crippen MR) is 75.8 cm³/mol. The minimum absolute atomic E-state index is 0.645. The third-order valence-corrected chi connectivity index (χ3v) is 3.38. The molecule has 1 atom stereocenters. The Bertz CT molecular complexity index is 445. The van der Waals surface area contributed by atoms with E-state index in [0.717, 1.165) is 17.6 Å². The third-order valence-electron chi connectivity index (χ3n) is 3.38. The molecule has 1 heterocycles. The number of para-hydroxylation sites is 2. The number of oxazole rings is 1. The first kappa shape index (κ1) is 12.9. The number of anilines is 1. The first-order valence-corrected chi connectivity index (χ1v) is 6.93. The Kier molecular flexibility index (Phi) is 4.62. The van der Waals surface area contributed by atoms with Gasteiger partial charge in [-0.1, -0.05) is 45.2 Å². The summed E-state index contributed by atoms with van der Waals surface area (Å²) in [5.74, 6) is 0.708. The SMILES string of the molecule is CCCCC(CC)CNc1nc2ccccc2o1. The van der Waals surface area contributed by atoms with E-state index in [1.165, 1.54) is 25.7 Å².